The van der Waals surface area contributed by atoms with Crippen LogP contribution in [0.1, 0.15) is 6.92 Å². The fourth-order valence-electron chi connectivity index (χ4n) is 1.34. The van der Waals surface area contributed by atoms with Crippen LogP contribution in [-0.4, -0.2) is 31.6 Å². The fraction of sp³-hybridized carbons (Fsp3) is 0.333. The van der Waals surface area contributed by atoms with Crippen LogP contribution in [0.5, 0.6) is 5.75 Å². The van der Waals surface area contributed by atoms with Crippen LogP contribution in [0, 0.1) is 5.82 Å². The van der Waals surface area contributed by atoms with Crippen LogP contribution in [-0.2, 0) is 14.3 Å². The maximum Gasteiger partial charge on any atom is 0.331 e. The summed E-state index contributed by atoms with van der Waals surface area (Å²) in [5, 5.41) is 2.41. The van der Waals surface area contributed by atoms with Crippen LogP contribution < -0.4 is 10.1 Å². The minimum atomic E-state index is -1.03. The molecule has 0 radical (unpaired) electrons. The van der Waals surface area contributed by atoms with Gasteiger partial charge in [-0.1, -0.05) is 17.7 Å². The number of carbonyl (C=O) groups is 2. The van der Waals surface area contributed by atoms with E-state index < -0.39 is 23.7 Å². The van der Waals surface area contributed by atoms with Gasteiger partial charge in [0, 0.05) is 6.92 Å². The van der Waals surface area contributed by atoms with E-state index in [1.54, 1.807) is 0 Å². The van der Waals surface area contributed by atoms with Gasteiger partial charge in [0.15, 0.2) is 17.6 Å². The van der Waals surface area contributed by atoms with Crippen molar-refractivity contribution in [3.8, 4) is 5.75 Å². The number of ether oxygens (including phenoxy) is 2. The van der Waals surface area contributed by atoms with Crippen molar-refractivity contribution < 1.29 is 23.5 Å². The van der Waals surface area contributed by atoms with Gasteiger partial charge < -0.3 is 14.8 Å². The maximum atomic E-state index is 13.4. The molecule has 1 aromatic rings. The molecule has 1 atom stereocenters. The normalized spacial score (nSPS) is 11.6. The number of methoxy groups -OCH3 is 1. The van der Waals surface area contributed by atoms with Crippen LogP contribution in [0.15, 0.2) is 18.2 Å². The van der Waals surface area contributed by atoms with Crippen molar-refractivity contribution in [1.29, 1.82) is 0 Å². The van der Waals surface area contributed by atoms with Crippen LogP contribution in [0.4, 0.5) is 4.39 Å². The molecule has 0 aromatic heterocycles. The van der Waals surface area contributed by atoms with Gasteiger partial charge in [-0.05, 0) is 12.1 Å². The zero-order valence-corrected chi connectivity index (χ0v) is 11.2. The Balaban J connectivity index is 2.76. The number of esters is 1. The minimum Gasteiger partial charge on any atom is -0.486 e. The van der Waals surface area contributed by atoms with Gasteiger partial charge in [0.2, 0.25) is 5.91 Å². The Morgan fingerprint density at radius 1 is 1.47 bits per heavy atom. The van der Waals surface area contributed by atoms with E-state index in [4.69, 9.17) is 16.3 Å². The highest BCUT2D eigenvalue weighted by Crippen LogP contribution is 2.27. The number of para-hydroxylation sites is 1. The average Bonchev–Trinajstić information content (AvgIpc) is 2.35. The van der Waals surface area contributed by atoms with Crippen molar-refractivity contribution in [3.63, 3.8) is 0 Å². The minimum absolute atomic E-state index is 0.0754. The Morgan fingerprint density at radius 3 is 2.68 bits per heavy atom. The van der Waals surface area contributed by atoms with Gasteiger partial charge in [0.05, 0.1) is 12.1 Å². The Morgan fingerprint density at radius 2 is 2.16 bits per heavy atom. The van der Waals surface area contributed by atoms with E-state index in [0.29, 0.717) is 0 Å². The van der Waals surface area contributed by atoms with Gasteiger partial charge in [0.1, 0.15) is 6.61 Å². The molecule has 0 heterocycles. The first-order valence-corrected chi connectivity index (χ1v) is 5.75. The molecule has 0 bridgehead atoms. The van der Waals surface area contributed by atoms with E-state index >= 15 is 0 Å². The monoisotopic (exact) mass is 289 g/mol. The number of amides is 1. The Hall–Kier alpha value is -1.82. The number of carbonyl (C=O) groups excluding carboxylic acids is 2. The Bertz CT molecular complexity index is 461. The zero-order valence-electron chi connectivity index (χ0n) is 10.4. The predicted molar refractivity (Wildman–Crippen MR) is 66.5 cm³/mol. The first kappa shape index (κ1) is 15.2. The smallest absolute Gasteiger partial charge is 0.331 e. The second kappa shape index (κ2) is 6.94. The SMILES string of the molecule is COC(=O)C(COc1c(F)cccc1Cl)NC(C)=O. The molecule has 0 aliphatic rings. The van der Waals surface area contributed by atoms with E-state index in [1.807, 2.05) is 0 Å². The van der Waals surface area contributed by atoms with E-state index in [0.717, 1.165) is 0 Å². The van der Waals surface area contributed by atoms with Gasteiger partial charge in [-0.3, -0.25) is 4.79 Å². The van der Waals surface area contributed by atoms with E-state index in [9.17, 15) is 14.0 Å². The van der Waals surface area contributed by atoms with E-state index in [2.05, 4.69) is 10.1 Å². The lowest BCUT2D eigenvalue weighted by molar-refractivity contribution is -0.145. The van der Waals surface area contributed by atoms with Crippen LogP contribution >= 0.6 is 11.6 Å². The molecule has 0 spiro atoms. The second-order valence-corrected chi connectivity index (χ2v) is 4.05. The molecule has 1 rings (SSSR count). The summed E-state index contributed by atoms with van der Waals surface area (Å²) in [5.74, 6) is -1.95. The molecular formula is C12H13ClFNO4. The molecule has 1 N–H and O–H groups in total. The number of rotatable bonds is 5. The van der Waals surface area contributed by atoms with Crippen molar-refractivity contribution in [1.82, 2.24) is 5.32 Å². The van der Waals surface area contributed by atoms with Crippen molar-refractivity contribution >= 4 is 23.5 Å². The number of nitrogens with one attached hydrogen (secondary N) is 1. The number of halogens is 2. The van der Waals surface area contributed by atoms with E-state index in [1.165, 1.54) is 32.2 Å². The zero-order chi connectivity index (χ0) is 14.4. The first-order valence-electron chi connectivity index (χ1n) is 5.37. The standard InChI is InChI=1S/C12H13ClFNO4/c1-7(16)15-10(12(17)18-2)6-19-11-8(13)4-3-5-9(11)14/h3-5,10H,6H2,1-2H3,(H,15,16). The summed E-state index contributed by atoms with van der Waals surface area (Å²) in [6.07, 6.45) is 0. The molecule has 1 unspecified atom stereocenters. The Kier molecular flexibility index (Phi) is 5.57. The van der Waals surface area contributed by atoms with Gasteiger partial charge in [-0.2, -0.15) is 0 Å². The molecule has 5 nitrogen and oxygen atoms in total. The highest BCUT2D eigenvalue weighted by Gasteiger charge is 2.22. The molecule has 0 fully saturated rings. The summed E-state index contributed by atoms with van der Waals surface area (Å²) in [4.78, 5) is 22.3. The average molecular weight is 290 g/mol. The molecule has 19 heavy (non-hydrogen) atoms. The number of benzene rings is 1. The lowest BCUT2D eigenvalue weighted by atomic mass is 10.3. The number of hydrogen-bond acceptors (Lipinski definition) is 4. The fourth-order valence-corrected chi connectivity index (χ4v) is 1.56. The van der Waals surface area contributed by atoms with Crippen molar-refractivity contribution in [2.24, 2.45) is 0 Å². The maximum absolute atomic E-state index is 13.4. The third-order valence-corrected chi connectivity index (χ3v) is 2.47. The summed E-state index contributed by atoms with van der Waals surface area (Å²) >= 11 is 5.76. The second-order valence-electron chi connectivity index (χ2n) is 3.64. The quantitative estimate of drug-likeness (QED) is 0.835. The summed E-state index contributed by atoms with van der Waals surface area (Å²) in [7, 11) is 1.17. The highest BCUT2D eigenvalue weighted by molar-refractivity contribution is 6.32. The van der Waals surface area contributed by atoms with Gasteiger partial charge >= 0.3 is 5.97 Å². The van der Waals surface area contributed by atoms with E-state index in [-0.39, 0.29) is 17.4 Å². The van der Waals surface area contributed by atoms with Crippen LogP contribution in [0.25, 0.3) is 0 Å². The summed E-state index contributed by atoms with van der Waals surface area (Å²) in [5.41, 5.74) is 0. The lowest BCUT2D eigenvalue weighted by Crippen LogP contribution is -2.44. The molecule has 0 aliphatic carbocycles. The molecule has 104 valence electrons. The summed E-state index contributed by atoms with van der Waals surface area (Å²) in [6, 6.07) is 3.02. The largest absolute Gasteiger partial charge is 0.486 e. The van der Waals surface area contributed by atoms with Crippen LogP contribution in [0.2, 0.25) is 5.02 Å². The topological polar surface area (TPSA) is 64.6 Å². The summed E-state index contributed by atoms with van der Waals surface area (Å²) in [6.45, 7) is 0.957. The summed E-state index contributed by atoms with van der Waals surface area (Å²) < 4.78 is 23.1. The Labute approximate surface area is 114 Å². The van der Waals surface area contributed by atoms with Crippen molar-refractivity contribution in [3.05, 3.63) is 29.0 Å². The van der Waals surface area contributed by atoms with Crippen molar-refractivity contribution in [2.75, 3.05) is 13.7 Å². The molecule has 1 amide bonds. The molecular weight excluding hydrogens is 277 g/mol. The van der Waals surface area contributed by atoms with Crippen molar-refractivity contribution in [2.45, 2.75) is 13.0 Å². The first-order chi connectivity index (χ1) is 8.95. The van der Waals surface area contributed by atoms with Gasteiger partial charge in [-0.15, -0.1) is 0 Å². The molecule has 0 aliphatic heterocycles. The highest BCUT2D eigenvalue weighted by atomic mass is 35.5. The molecule has 7 heteroatoms. The van der Waals surface area contributed by atoms with Gasteiger partial charge in [-0.25, -0.2) is 9.18 Å². The molecule has 0 saturated carbocycles. The predicted octanol–water partition coefficient (Wildman–Crippen LogP) is 1.54. The number of hydrogen-bond donors (Lipinski definition) is 1. The lowest BCUT2D eigenvalue weighted by Gasteiger charge is -2.17. The third kappa shape index (κ3) is 4.40. The third-order valence-electron chi connectivity index (χ3n) is 2.18. The van der Waals surface area contributed by atoms with Crippen LogP contribution in [0.3, 0.4) is 0 Å². The molecule has 0 saturated heterocycles. The van der Waals surface area contributed by atoms with Gasteiger partial charge in [0.25, 0.3) is 0 Å². The molecule has 1 aromatic carbocycles.